The van der Waals surface area contributed by atoms with Gasteiger partial charge in [-0.15, -0.1) is 0 Å². The van der Waals surface area contributed by atoms with Crippen LogP contribution in [0.5, 0.6) is 11.5 Å². The summed E-state index contributed by atoms with van der Waals surface area (Å²) in [5, 5.41) is 2.38. The molecule has 0 aliphatic carbocycles. The van der Waals surface area contributed by atoms with Crippen molar-refractivity contribution >= 4 is 35.2 Å². The first-order valence-electron chi connectivity index (χ1n) is 8.08. The minimum Gasteiger partial charge on any atom is -0.454 e. The van der Waals surface area contributed by atoms with E-state index in [1.807, 2.05) is 0 Å². The lowest BCUT2D eigenvalue weighted by Gasteiger charge is -2.13. The summed E-state index contributed by atoms with van der Waals surface area (Å²) in [5.74, 6) is -2.72. The fraction of sp³-hybridized carbons (Fsp3) is 0.158. The Morgan fingerprint density at radius 2 is 1.96 bits per heavy atom. The second-order valence-electron chi connectivity index (χ2n) is 5.73. The maximum atomic E-state index is 13.6. The highest BCUT2D eigenvalue weighted by molar-refractivity contribution is 6.32. The lowest BCUT2D eigenvalue weighted by molar-refractivity contribution is -0.148. The summed E-state index contributed by atoms with van der Waals surface area (Å²) in [6.07, 6.45) is 1.22. The number of anilines is 1. The quantitative estimate of drug-likeness (QED) is 0.598. The normalized spacial score (nSPS) is 13.4. The number of hydrogen-bond acceptors (Lipinski definition) is 5. The van der Waals surface area contributed by atoms with Crippen LogP contribution in [-0.2, 0) is 14.3 Å². The maximum Gasteiger partial charge on any atom is 0.331 e. The molecule has 3 rings (SSSR count). The molecule has 1 amide bonds. The molecule has 2 aromatic carbocycles. The highest BCUT2D eigenvalue weighted by atomic mass is 35.5. The Bertz CT molecular complexity index is 943. The number of carbonyl (C=O) groups excluding carboxylic acids is 2. The van der Waals surface area contributed by atoms with Gasteiger partial charge in [0, 0.05) is 6.08 Å². The Kier molecular flexibility index (Phi) is 5.79. The van der Waals surface area contributed by atoms with Gasteiger partial charge in [0.1, 0.15) is 17.3 Å². The molecule has 2 aromatic rings. The van der Waals surface area contributed by atoms with E-state index in [9.17, 15) is 18.4 Å². The molecule has 6 nitrogen and oxygen atoms in total. The number of fused-ring (bicyclic) bond motifs is 1. The second-order valence-corrected chi connectivity index (χ2v) is 6.14. The predicted molar refractivity (Wildman–Crippen MR) is 97.2 cm³/mol. The minimum absolute atomic E-state index is 0.0551. The number of para-hydroxylation sites is 1. The molecule has 0 spiro atoms. The zero-order chi connectivity index (χ0) is 20.3. The fourth-order valence-electron chi connectivity index (χ4n) is 2.36. The molecule has 1 aliphatic rings. The van der Waals surface area contributed by atoms with Crippen molar-refractivity contribution in [2.75, 3.05) is 12.1 Å². The monoisotopic (exact) mass is 409 g/mol. The SMILES string of the molecule is C[C@H](OC(=O)/C=C/c1cc(Cl)c2c(c1)OCO2)C(=O)Nc1c(F)cccc1F. The number of carbonyl (C=O) groups is 2. The number of halogens is 3. The molecule has 9 heteroatoms. The topological polar surface area (TPSA) is 73.9 Å². The average Bonchev–Trinajstić information content (AvgIpc) is 3.12. The average molecular weight is 410 g/mol. The molecular weight excluding hydrogens is 396 g/mol. The van der Waals surface area contributed by atoms with Crippen molar-refractivity contribution in [2.24, 2.45) is 0 Å². The Morgan fingerprint density at radius 1 is 1.25 bits per heavy atom. The Hall–Kier alpha value is -3.13. The number of ether oxygens (including phenoxy) is 3. The lowest BCUT2D eigenvalue weighted by Crippen LogP contribution is -2.30. The van der Waals surface area contributed by atoms with Gasteiger partial charge in [-0.3, -0.25) is 4.79 Å². The molecule has 146 valence electrons. The van der Waals surface area contributed by atoms with E-state index in [0.717, 1.165) is 24.3 Å². The van der Waals surface area contributed by atoms with E-state index in [0.29, 0.717) is 22.1 Å². The third-order valence-electron chi connectivity index (χ3n) is 3.73. The highest BCUT2D eigenvalue weighted by Gasteiger charge is 2.20. The van der Waals surface area contributed by atoms with E-state index >= 15 is 0 Å². The third kappa shape index (κ3) is 4.40. The van der Waals surface area contributed by atoms with Crippen molar-refractivity contribution in [2.45, 2.75) is 13.0 Å². The van der Waals surface area contributed by atoms with Crippen molar-refractivity contribution < 1.29 is 32.6 Å². The van der Waals surface area contributed by atoms with Gasteiger partial charge in [0.2, 0.25) is 6.79 Å². The van der Waals surface area contributed by atoms with Crippen LogP contribution in [0.25, 0.3) is 6.08 Å². The standard InChI is InChI=1S/C19H14ClF2NO5/c1-10(19(25)23-17-13(21)3-2-4-14(17)22)28-16(24)6-5-11-7-12(20)18-15(8-11)26-9-27-18/h2-8,10H,9H2,1H3,(H,23,25)/b6-5+/t10-/m0/s1. The molecule has 1 heterocycles. The summed E-state index contributed by atoms with van der Waals surface area (Å²) in [4.78, 5) is 23.9. The van der Waals surface area contributed by atoms with E-state index in [1.165, 1.54) is 13.0 Å². The fourth-order valence-corrected chi connectivity index (χ4v) is 2.63. The second kappa shape index (κ2) is 8.26. The van der Waals surface area contributed by atoms with Crippen LogP contribution in [-0.4, -0.2) is 24.8 Å². The maximum absolute atomic E-state index is 13.6. The largest absolute Gasteiger partial charge is 0.454 e. The summed E-state index contributed by atoms with van der Waals surface area (Å²) >= 11 is 6.05. The van der Waals surface area contributed by atoms with Gasteiger partial charge in [0.05, 0.1) is 5.02 Å². The van der Waals surface area contributed by atoms with E-state index in [4.69, 9.17) is 25.8 Å². The lowest BCUT2D eigenvalue weighted by atomic mass is 10.2. The molecule has 28 heavy (non-hydrogen) atoms. The van der Waals surface area contributed by atoms with Gasteiger partial charge in [-0.1, -0.05) is 17.7 Å². The van der Waals surface area contributed by atoms with Crippen molar-refractivity contribution in [3.63, 3.8) is 0 Å². The smallest absolute Gasteiger partial charge is 0.331 e. The van der Waals surface area contributed by atoms with Crippen molar-refractivity contribution in [1.29, 1.82) is 0 Å². The van der Waals surface area contributed by atoms with Crippen LogP contribution in [0.3, 0.4) is 0 Å². The van der Waals surface area contributed by atoms with E-state index in [1.54, 1.807) is 12.1 Å². The minimum atomic E-state index is -1.28. The number of rotatable bonds is 5. The van der Waals surface area contributed by atoms with Crippen molar-refractivity contribution in [3.05, 3.63) is 58.6 Å². The van der Waals surface area contributed by atoms with Crippen LogP contribution >= 0.6 is 11.6 Å². The van der Waals surface area contributed by atoms with Crippen molar-refractivity contribution in [3.8, 4) is 11.5 Å². The molecule has 0 bridgehead atoms. The first kappa shape index (κ1) is 19.6. The summed E-state index contributed by atoms with van der Waals surface area (Å²) in [6, 6.07) is 6.34. The van der Waals surface area contributed by atoms with Crippen LogP contribution in [0.15, 0.2) is 36.4 Å². The van der Waals surface area contributed by atoms with Crippen LogP contribution in [0.2, 0.25) is 5.02 Å². The third-order valence-corrected chi connectivity index (χ3v) is 4.02. The predicted octanol–water partition coefficient (Wildman–Crippen LogP) is 3.93. The molecular formula is C19H14ClF2NO5. The van der Waals surface area contributed by atoms with Crippen LogP contribution in [0, 0.1) is 11.6 Å². The molecule has 0 fully saturated rings. The van der Waals surface area contributed by atoms with Gasteiger partial charge < -0.3 is 19.5 Å². The molecule has 0 aromatic heterocycles. The highest BCUT2D eigenvalue weighted by Crippen LogP contribution is 2.40. The molecule has 1 N–H and O–H groups in total. The number of esters is 1. The Morgan fingerprint density at radius 3 is 2.68 bits per heavy atom. The molecule has 0 radical (unpaired) electrons. The van der Waals surface area contributed by atoms with E-state index < -0.39 is 35.3 Å². The van der Waals surface area contributed by atoms with Gasteiger partial charge in [0.25, 0.3) is 5.91 Å². The molecule has 0 saturated heterocycles. The summed E-state index contributed by atoms with van der Waals surface area (Å²) in [7, 11) is 0. The molecule has 0 unspecified atom stereocenters. The molecule has 0 saturated carbocycles. The van der Waals surface area contributed by atoms with Crippen LogP contribution in [0.4, 0.5) is 14.5 Å². The Labute approximate surface area is 163 Å². The number of benzene rings is 2. The number of hydrogen-bond donors (Lipinski definition) is 1. The van der Waals surface area contributed by atoms with Crippen LogP contribution < -0.4 is 14.8 Å². The summed E-state index contributed by atoms with van der Waals surface area (Å²) < 4.78 is 42.5. The zero-order valence-electron chi connectivity index (χ0n) is 14.5. The van der Waals surface area contributed by atoms with Gasteiger partial charge in [-0.05, 0) is 42.8 Å². The Balaban J connectivity index is 1.60. The van der Waals surface area contributed by atoms with E-state index in [-0.39, 0.29) is 6.79 Å². The molecule has 1 atom stereocenters. The van der Waals surface area contributed by atoms with E-state index in [2.05, 4.69) is 5.32 Å². The molecule has 1 aliphatic heterocycles. The van der Waals surface area contributed by atoms with Crippen LogP contribution in [0.1, 0.15) is 12.5 Å². The van der Waals surface area contributed by atoms with Crippen molar-refractivity contribution in [1.82, 2.24) is 0 Å². The first-order chi connectivity index (χ1) is 13.3. The summed E-state index contributed by atoms with van der Waals surface area (Å²) in [6.45, 7) is 1.33. The number of amides is 1. The van der Waals surface area contributed by atoms with Gasteiger partial charge in [-0.25, -0.2) is 13.6 Å². The van der Waals surface area contributed by atoms with Gasteiger partial charge >= 0.3 is 5.97 Å². The summed E-state index contributed by atoms with van der Waals surface area (Å²) in [5.41, 5.74) is -0.0577. The number of nitrogens with one attached hydrogen (secondary N) is 1. The van der Waals surface area contributed by atoms with Gasteiger partial charge in [0.15, 0.2) is 17.6 Å². The zero-order valence-corrected chi connectivity index (χ0v) is 15.3. The first-order valence-corrected chi connectivity index (χ1v) is 8.45. The van der Waals surface area contributed by atoms with Gasteiger partial charge in [-0.2, -0.15) is 0 Å².